The minimum Gasteiger partial charge on any atom is -0.462 e. The van der Waals surface area contributed by atoms with E-state index >= 15 is 0 Å². The fourth-order valence-corrected chi connectivity index (χ4v) is 6.43. The lowest BCUT2D eigenvalue weighted by Crippen LogP contribution is -2.26. The lowest BCUT2D eigenvalue weighted by atomic mass is 9.95. The number of aryl methyl sites for hydroxylation is 1. The maximum Gasteiger partial charge on any atom is 0.341 e. The molecule has 0 bridgehead atoms. The Balaban J connectivity index is 1.41. The number of amides is 2. The summed E-state index contributed by atoms with van der Waals surface area (Å²) in [5, 5.41) is 14.1. The van der Waals surface area contributed by atoms with Crippen LogP contribution in [0.2, 0.25) is 5.02 Å². The number of thiophene rings is 1. The van der Waals surface area contributed by atoms with Crippen LogP contribution in [0.1, 0.15) is 63.7 Å². The number of rotatable bonds is 9. The molecule has 0 aliphatic heterocycles. The maximum absolute atomic E-state index is 14.0. The molecule has 3 aromatic rings. The molecule has 0 radical (unpaired) electrons. The van der Waals surface area contributed by atoms with Crippen molar-refractivity contribution in [3.63, 3.8) is 0 Å². The van der Waals surface area contributed by atoms with E-state index in [1.165, 1.54) is 35.2 Å². The smallest absolute Gasteiger partial charge is 0.341 e. The highest BCUT2D eigenvalue weighted by atomic mass is 35.5. The number of anilines is 1. The summed E-state index contributed by atoms with van der Waals surface area (Å²) in [7, 11) is 1.71. The molecule has 202 valence electrons. The number of nitrogens with one attached hydrogen (secondary N) is 2. The van der Waals surface area contributed by atoms with E-state index in [2.05, 4.69) is 20.8 Å². The number of nitrogens with zero attached hydrogens (tertiary/aromatic N) is 3. The van der Waals surface area contributed by atoms with Crippen LogP contribution < -0.4 is 10.6 Å². The number of ether oxygens (including phenoxy) is 1. The molecule has 0 fully saturated rings. The number of thioether (sulfide) groups is 1. The second-order valence-corrected chi connectivity index (χ2v) is 11.4. The second-order valence-electron chi connectivity index (χ2n) is 8.62. The van der Waals surface area contributed by atoms with Gasteiger partial charge in [-0.2, -0.15) is 0 Å². The largest absolute Gasteiger partial charge is 0.462 e. The Bertz CT molecular complexity index is 1360. The maximum atomic E-state index is 14.0. The Morgan fingerprint density at radius 3 is 2.74 bits per heavy atom. The number of benzene rings is 1. The predicted octanol–water partition coefficient (Wildman–Crippen LogP) is 4.77. The van der Waals surface area contributed by atoms with Crippen molar-refractivity contribution in [2.75, 3.05) is 11.9 Å². The van der Waals surface area contributed by atoms with Gasteiger partial charge in [-0.25, -0.2) is 9.18 Å². The van der Waals surface area contributed by atoms with Crippen molar-refractivity contribution in [3.05, 3.63) is 56.4 Å². The molecule has 2 N–H and O–H groups in total. The van der Waals surface area contributed by atoms with Crippen LogP contribution in [0.4, 0.5) is 9.39 Å². The van der Waals surface area contributed by atoms with E-state index in [4.69, 9.17) is 16.3 Å². The van der Waals surface area contributed by atoms with Crippen molar-refractivity contribution < 1.29 is 23.5 Å². The summed E-state index contributed by atoms with van der Waals surface area (Å²) in [6, 6.07) is 4.01. The summed E-state index contributed by atoms with van der Waals surface area (Å²) >= 11 is 8.58. The highest BCUT2D eigenvalue weighted by molar-refractivity contribution is 8.00. The van der Waals surface area contributed by atoms with E-state index in [1.54, 1.807) is 25.5 Å². The first-order valence-electron chi connectivity index (χ1n) is 12.1. The van der Waals surface area contributed by atoms with E-state index < -0.39 is 22.9 Å². The number of esters is 1. The number of hydrogen-bond donors (Lipinski definition) is 2. The number of hydrogen-bond acceptors (Lipinski definition) is 8. The van der Waals surface area contributed by atoms with Crippen LogP contribution in [-0.2, 0) is 36.0 Å². The molecule has 1 aliphatic carbocycles. The van der Waals surface area contributed by atoms with E-state index in [1.807, 2.05) is 0 Å². The summed E-state index contributed by atoms with van der Waals surface area (Å²) in [5.41, 5.74) is 1.20. The number of aromatic nitrogens is 3. The monoisotopic (exact) mass is 579 g/mol. The van der Waals surface area contributed by atoms with Gasteiger partial charge in [-0.05, 0) is 57.2 Å². The van der Waals surface area contributed by atoms with Crippen LogP contribution in [0.25, 0.3) is 0 Å². The van der Waals surface area contributed by atoms with Crippen LogP contribution in [0.3, 0.4) is 0 Å². The third-order valence-electron chi connectivity index (χ3n) is 6.06. The Hall–Kier alpha value is -2.96. The van der Waals surface area contributed by atoms with Gasteiger partial charge in [0, 0.05) is 11.9 Å². The Kier molecular flexibility index (Phi) is 9.06. The van der Waals surface area contributed by atoms with Crippen LogP contribution in [0.5, 0.6) is 0 Å². The predicted molar refractivity (Wildman–Crippen MR) is 144 cm³/mol. The van der Waals surface area contributed by atoms with Crippen LogP contribution in [0, 0.1) is 5.82 Å². The van der Waals surface area contributed by atoms with Crippen molar-refractivity contribution in [2.24, 2.45) is 7.05 Å². The lowest BCUT2D eigenvalue weighted by Gasteiger charge is -2.13. The summed E-state index contributed by atoms with van der Waals surface area (Å²) in [6.07, 6.45) is 3.73. The third kappa shape index (κ3) is 6.02. The van der Waals surface area contributed by atoms with Gasteiger partial charge in [-0.15, -0.1) is 21.5 Å². The van der Waals surface area contributed by atoms with Crippen LogP contribution in [-0.4, -0.2) is 44.4 Å². The first-order chi connectivity index (χ1) is 18.2. The van der Waals surface area contributed by atoms with Crippen molar-refractivity contribution in [1.29, 1.82) is 0 Å². The molecule has 2 heterocycles. The van der Waals surface area contributed by atoms with E-state index in [0.29, 0.717) is 21.5 Å². The molecule has 9 nitrogen and oxygen atoms in total. The summed E-state index contributed by atoms with van der Waals surface area (Å²) < 4.78 is 20.9. The Morgan fingerprint density at radius 2 is 2.00 bits per heavy atom. The van der Waals surface area contributed by atoms with Crippen LogP contribution >= 0.6 is 34.7 Å². The molecule has 0 unspecified atom stereocenters. The van der Waals surface area contributed by atoms with Gasteiger partial charge in [0.05, 0.1) is 34.6 Å². The normalized spacial score (nSPS) is 13.5. The number of carbonyl (C=O) groups is 3. The Labute approximate surface area is 232 Å². The van der Waals surface area contributed by atoms with E-state index in [-0.39, 0.29) is 29.6 Å². The standard InChI is InChI=1S/C25H27ClFN5O4S2/c1-4-36-24(35)19-14-8-5-6-11-17(14)38-23(19)29-21(33)13(2)37-25-31-30-18(32(25)3)12-28-22(34)20-15(26)9-7-10-16(20)27/h7,9-10,13H,4-6,8,11-12H2,1-3H3,(H,28,34)(H,29,33)/t13-/m1/s1. The minimum absolute atomic E-state index is 0.00857. The fourth-order valence-electron chi connectivity index (χ4n) is 4.06. The fraction of sp³-hybridized carbons (Fsp3) is 0.400. The van der Waals surface area contributed by atoms with Gasteiger partial charge in [0.1, 0.15) is 10.8 Å². The van der Waals surface area contributed by atoms with Gasteiger partial charge in [-0.1, -0.05) is 29.4 Å². The number of fused-ring (bicyclic) bond motifs is 1. The molecular formula is C25H27ClFN5O4S2. The number of carbonyl (C=O) groups excluding carboxylic acids is 3. The minimum atomic E-state index is -0.721. The number of halogens is 2. The average molecular weight is 580 g/mol. The SMILES string of the molecule is CCOC(=O)c1c(NC(=O)[C@@H](C)Sc2nnc(CNC(=O)c3c(F)cccc3Cl)n2C)sc2c1CCCC2. The molecule has 2 aromatic heterocycles. The molecule has 1 aromatic carbocycles. The van der Waals surface area contributed by atoms with Crippen molar-refractivity contribution in [2.45, 2.75) is 56.5 Å². The molecule has 1 atom stereocenters. The summed E-state index contributed by atoms with van der Waals surface area (Å²) in [4.78, 5) is 39.3. The first-order valence-corrected chi connectivity index (χ1v) is 14.2. The van der Waals surface area contributed by atoms with E-state index in [0.717, 1.165) is 42.2 Å². The molecule has 38 heavy (non-hydrogen) atoms. The first kappa shape index (κ1) is 28.1. The Morgan fingerprint density at radius 1 is 1.24 bits per heavy atom. The molecule has 2 amide bonds. The zero-order chi connectivity index (χ0) is 27.4. The van der Waals surface area contributed by atoms with Crippen LogP contribution in [0.15, 0.2) is 23.4 Å². The van der Waals surface area contributed by atoms with E-state index in [9.17, 15) is 18.8 Å². The summed E-state index contributed by atoms with van der Waals surface area (Å²) in [6.45, 7) is 3.72. The average Bonchev–Trinajstić information content (AvgIpc) is 3.42. The molecule has 0 spiro atoms. The molecule has 4 rings (SSSR count). The molecular weight excluding hydrogens is 553 g/mol. The molecule has 0 saturated carbocycles. The molecule has 0 saturated heterocycles. The topological polar surface area (TPSA) is 115 Å². The quantitative estimate of drug-likeness (QED) is 0.277. The molecule has 13 heteroatoms. The highest BCUT2D eigenvalue weighted by Crippen LogP contribution is 2.39. The zero-order valence-corrected chi connectivity index (χ0v) is 23.5. The highest BCUT2D eigenvalue weighted by Gasteiger charge is 2.29. The third-order valence-corrected chi connectivity index (χ3v) is 8.72. The van der Waals surface area contributed by atoms with Gasteiger partial charge in [-0.3, -0.25) is 9.59 Å². The summed E-state index contributed by atoms with van der Waals surface area (Å²) in [5.74, 6) is -1.68. The van der Waals surface area contributed by atoms with Gasteiger partial charge < -0.3 is 19.9 Å². The lowest BCUT2D eigenvalue weighted by molar-refractivity contribution is -0.115. The molecule has 1 aliphatic rings. The van der Waals surface area contributed by atoms with Crippen molar-refractivity contribution >= 4 is 57.5 Å². The van der Waals surface area contributed by atoms with Crippen molar-refractivity contribution in [3.8, 4) is 0 Å². The second kappa shape index (κ2) is 12.3. The van der Waals surface area contributed by atoms with Gasteiger partial charge >= 0.3 is 5.97 Å². The van der Waals surface area contributed by atoms with Gasteiger partial charge in [0.2, 0.25) is 5.91 Å². The van der Waals surface area contributed by atoms with Gasteiger partial charge in [0.15, 0.2) is 11.0 Å². The zero-order valence-electron chi connectivity index (χ0n) is 21.1. The van der Waals surface area contributed by atoms with Crippen molar-refractivity contribution in [1.82, 2.24) is 20.1 Å². The van der Waals surface area contributed by atoms with Gasteiger partial charge in [0.25, 0.3) is 5.91 Å².